The van der Waals surface area contributed by atoms with Crippen LogP contribution in [-0.2, 0) is 14.1 Å². The van der Waals surface area contributed by atoms with Gasteiger partial charge >= 0.3 is 13.6 Å². The van der Waals surface area contributed by atoms with Crippen molar-refractivity contribution in [3.63, 3.8) is 0 Å². The second-order valence-electron chi connectivity index (χ2n) is 7.10. The van der Waals surface area contributed by atoms with Crippen LogP contribution in [0, 0.1) is 0 Å². The van der Waals surface area contributed by atoms with Crippen LogP contribution in [-0.4, -0.2) is 75.2 Å². The first-order chi connectivity index (χ1) is 14.7. The lowest BCUT2D eigenvalue weighted by Crippen LogP contribution is -2.43. The number of carboxylic acid groups (broad SMARTS) is 1. The predicted molar refractivity (Wildman–Crippen MR) is 111 cm³/mol. The van der Waals surface area contributed by atoms with E-state index in [1.54, 1.807) is 31.4 Å². The van der Waals surface area contributed by atoms with Gasteiger partial charge in [0.05, 0.1) is 12.3 Å². The first kappa shape index (κ1) is 22.8. The van der Waals surface area contributed by atoms with Crippen molar-refractivity contribution < 1.29 is 33.8 Å². The summed E-state index contributed by atoms with van der Waals surface area (Å²) < 4.78 is 16.6. The third-order valence-electron chi connectivity index (χ3n) is 4.80. The molecule has 1 amide bonds. The Kier molecular flexibility index (Phi) is 7.01. The number of aliphatic carboxylic acids is 1. The van der Waals surface area contributed by atoms with Crippen molar-refractivity contribution in [1.29, 1.82) is 0 Å². The van der Waals surface area contributed by atoms with Crippen LogP contribution in [0.2, 0.25) is 0 Å². The average Bonchev–Trinajstić information content (AvgIpc) is 3.22. The number of carboxylic acids is 1. The Morgan fingerprint density at radius 2 is 2.00 bits per heavy atom. The summed E-state index contributed by atoms with van der Waals surface area (Å²) >= 11 is 0. The highest BCUT2D eigenvalue weighted by atomic mass is 31.2. The zero-order valence-corrected chi connectivity index (χ0v) is 17.6. The van der Waals surface area contributed by atoms with E-state index in [0.29, 0.717) is 24.5 Å². The number of methoxy groups -OCH3 is 1. The van der Waals surface area contributed by atoms with E-state index in [0.717, 1.165) is 6.42 Å². The molecule has 1 fully saturated rings. The minimum absolute atomic E-state index is 0.0204. The molecule has 2 heterocycles. The number of nitrogens with one attached hydrogen (secondary N) is 1. The van der Waals surface area contributed by atoms with Crippen molar-refractivity contribution in [2.24, 2.45) is 0 Å². The van der Waals surface area contributed by atoms with Crippen LogP contribution in [0.3, 0.4) is 0 Å². The van der Waals surface area contributed by atoms with E-state index < -0.39 is 31.7 Å². The zero-order valence-electron chi connectivity index (χ0n) is 16.7. The van der Waals surface area contributed by atoms with Crippen LogP contribution in [0.4, 0.5) is 5.82 Å². The second-order valence-corrected chi connectivity index (χ2v) is 8.80. The fourth-order valence-corrected chi connectivity index (χ4v) is 3.94. The Hall–Kier alpha value is -2.85. The molecule has 4 N–H and O–H groups in total. The highest BCUT2D eigenvalue weighted by Crippen LogP contribution is 2.35. The second kappa shape index (κ2) is 9.52. The molecule has 11 nitrogen and oxygen atoms in total. The number of hydrogen-bond acceptors (Lipinski definition) is 7. The standard InChI is InChI=1S/C19H23N4O7P/c1-30-13-7-8-23(10-13)16-9-14(20-17(22-16)12-5-3-2-4-6-12)18(24)21-15(19(25)26)11-31(27,28)29/h2-6,9,13,15H,7-8,10-11H2,1H3,(H,21,24)(H,25,26)(H2,27,28,29)/t13-,15?/m0/s1. The summed E-state index contributed by atoms with van der Waals surface area (Å²) in [5.41, 5.74) is 0.549. The maximum Gasteiger partial charge on any atom is 0.328 e. The number of carbonyl (C=O) groups is 2. The van der Waals surface area contributed by atoms with E-state index in [9.17, 15) is 19.3 Å². The topological polar surface area (TPSA) is 162 Å². The lowest BCUT2D eigenvalue weighted by Gasteiger charge is -2.19. The van der Waals surface area contributed by atoms with E-state index in [4.69, 9.17) is 14.5 Å². The molecule has 1 saturated heterocycles. The van der Waals surface area contributed by atoms with Crippen LogP contribution in [0.25, 0.3) is 11.4 Å². The molecule has 1 aliphatic heterocycles. The van der Waals surface area contributed by atoms with Gasteiger partial charge < -0.3 is 29.8 Å². The van der Waals surface area contributed by atoms with Crippen LogP contribution < -0.4 is 10.2 Å². The lowest BCUT2D eigenvalue weighted by atomic mass is 10.2. The molecule has 166 valence electrons. The molecule has 0 radical (unpaired) electrons. The first-order valence-electron chi connectivity index (χ1n) is 9.47. The van der Waals surface area contributed by atoms with Crippen molar-refractivity contribution in [3.05, 3.63) is 42.1 Å². The van der Waals surface area contributed by atoms with Crippen molar-refractivity contribution in [2.75, 3.05) is 31.3 Å². The summed E-state index contributed by atoms with van der Waals surface area (Å²) in [5, 5.41) is 11.4. The summed E-state index contributed by atoms with van der Waals surface area (Å²) in [7, 11) is -3.05. The number of amides is 1. The SMILES string of the molecule is CO[C@H]1CCN(c2cc(C(=O)NC(CP(=O)(O)O)C(=O)O)nc(-c3ccccc3)n2)C1. The van der Waals surface area contributed by atoms with E-state index >= 15 is 0 Å². The van der Waals surface area contributed by atoms with E-state index in [2.05, 4.69) is 15.3 Å². The Balaban J connectivity index is 1.94. The molecule has 1 unspecified atom stereocenters. The molecule has 2 aromatic rings. The summed E-state index contributed by atoms with van der Waals surface area (Å²) in [5.74, 6) is -1.69. The third-order valence-corrected chi connectivity index (χ3v) is 5.64. The maximum absolute atomic E-state index is 12.8. The zero-order chi connectivity index (χ0) is 22.6. The highest BCUT2D eigenvalue weighted by molar-refractivity contribution is 7.51. The van der Waals surface area contributed by atoms with Gasteiger partial charge in [-0.1, -0.05) is 30.3 Å². The van der Waals surface area contributed by atoms with Crippen molar-refractivity contribution in [2.45, 2.75) is 18.6 Å². The lowest BCUT2D eigenvalue weighted by molar-refractivity contribution is -0.138. The van der Waals surface area contributed by atoms with Gasteiger partial charge in [-0.15, -0.1) is 0 Å². The molecule has 0 saturated carbocycles. The summed E-state index contributed by atoms with van der Waals surface area (Å²) in [4.78, 5) is 53.1. The number of anilines is 1. The highest BCUT2D eigenvalue weighted by Gasteiger charge is 2.30. The fourth-order valence-electron chi connectivity index (χ4n) is 3.21. The monoisotopic (exact) mass is 450 g/mol. The number of ether oxygens (including phenoxy) is 1. The number of benzene rings is 1. The molecular formula is C19H23N4O7P. The Morgan fingerprint density at radius 3 is 2.58 bits per heavy atom. The van der Waals surface area contributed by atoms with Gasteiger partial charge in [0, 0.05) is 31.8 Å². The number of carbonyl (C=O) groups excluding carboxylic acids is 1. The van der Waals surface area contributed by atoms with Gasteiger partial charge in [-0.2, -0.15) is 0 Å². The molecule has 1 aromatic carbocycles. The first-order valence-corrected chi connectivity index (χ1v) is 11.3. The van der Waals surface area contributed by atoms with Gasteiger partial charge in [-0.25, -0.2) is 14.8 Å². The Labute approximate surface area is 178 Å². The number of aromatic nitrogens is 2. The summed E-state index contributed by atoms with van der Waals surface area (Å²) in [6.07, 6.45) is -0.224. The van der Waals surface area contributed by atoms with Crippen molar-refractivity contribution in [3.8, 4) is 11.4 Å². The molecule has 1 aliphatic rings. The third kappa shape index (κ3) is 6.08. The van der Waals surface area contributed by atoms with Gasteiger partial charge in [-0.3, -0.25) is 9.36 Å². The van der Waals surface area contributed by atoms with Crippen LogP contribution in [0.1, 0.15) is 16.9 Å². The summed E-state index contributed by atoms with van der Waals surface area (Å²) in [6.45, 7) is 1.22. The minimum atomic E-state index is -4.67. The number of nitrogens with zero attached hydrogens (tertiary/aromatic N) is 3. The number of hydrogen-bond donors (Lipinski definition) is 4. The Morgan fingerprint density at radius 1 is 1.29 bits per heavy atom. The molecular weight excluding hydrogens is 427 g/mol. The van der Waals surface area contributed by atoms with Gasteiger partial charge in [0.2, 0.25) is 0 Å². The largest absolute Gasteiger partial charge is 0.480 e. The Bertz CT molecular complexity index is 998. The molecule has 0 bridgehead atoms. The molecule has 0 aliphatic carbocycles. The van der Waals surface area contributed by atoms with E-state index in [1.165, 1.54) is 6.07 Å². The molecule has 3 rings (SSSR count). The molecule has 12 heteroatoms. The number of rotatable bonds is 8. The predicted octanol–water partition coefficient (Wildman–Crippen LogP) is 0.729. The van der Waals surface area contributed by atoms with Gasteiger partial charge in [0.1, 0.15) is 17.6 Å². The van der Waals surface area contributed by atoms with E-state index in [1.807, 2.05) is 11.0 Å². The molecule has 31 heavy (non-hydrogen) atoms. The van der Waals surface area contributed by atoms with Crippen LogP contribution in [0.5, 0.6) is 0 Å². The van der Waals surface area contributed by atoms with Crippen LogP contribution >= 0.6 is 7.60 Å². The minimum Gasteiger partial charge on any atom is -0.480 e. The fraction of sp³-hybridized carbons (Fsp3) is 0.368. The maximum atomic E-state index is 12.8. The van der Waals surface area contributed by atoms with Gasteiger partial charge in [0.25, 0.3) is 5.91 Å². The van der Waals surface area contributed by atoms with E-state index in [-0.39, 0.29) is 17.6 Å². The van der Waals surface area contributed by atoms with Crippen molar-refractivity contribution >= 4 is 25.3 Å². The van der Waals surface area contributed by atoms with Crippen LogP contribution in [0.15, 0.2) is 36.4 Å². The average molecular weight is 450 g/mol. The molecule has 0 spiro atoms. The smallest absolute Gasteiger partial charge is 0.328 e. The van der Waals surface area contributed by atoms with Crippen molar-refractivity contribution in [1.82, 2.24) is 15.3 Å². The van der Waals surface area contributed by atoms with Gasteiger partial charge in [0.15, 0.2) is 5.82 Å². The normalized spacial score (nSPS) is 17.4. The van der Waals surface area contributed by atoms with Gasteiger partial charge in [-0.05, 0) is 6.42 Å². The quantitative estimate of drug-likeness (QED) is 0.422. The molecule has 1 aromatic heterocycles. The molecule has 2 atom stereocenters. The summed E-state index contributed by atoms with van der Waals surface area (Å²) in [6, 6.07) is 8.62.